The highest BCUT2D eigenvalue weighted by atomic mass is 32.2. The number of nitrogens with one attached hydrogen (secondary N) is 1. The van der Waals surface area contributed by atoms with E-state index in [-0.39, 0.29) is 21.2 Å². The molecule has 0 aliphatic carbocycles. The van der Waals surface area contributed by atoms with Gasteiger partial charge in [-0.15, -0.1) is 0 Å². The van der Waals surface area contributed by atoms with Crippen molar-refractivity contribution in [2.24, 2.45) is 0 Å². The second-order valence-electron chi connectivity index (χ2n) is 7.53. The van der Waals surface area contributed by atoms with Crippen LogP contribution in [0, 0.1) is 0 Å². The maximum atomic E-state index is 13.1. The lowest BCUT2D eigenvalue weighted by atomic mass is 10.0. The minimum atomic E-state index is -3.86. The summed E-state index contributed by atoms with van der Waals surface area (Å²) in [5.41, 5.74) is 1.21. The van der Waals surface area contributed by atoms with Crippen molar-refractivity contribution in [1.29, 1.82) is 0 Å². The zero-order valence-electron chi connectivity index (χ0n) is 17.5. The van der Waals surface area contributed by atoms with Gasteiger partial charge in [-0.3, -0.25) is 4.72 Å². The molecule has 1 fully saturated rings. The van der Waals surface area contributed by atoms with Crippen LogP contribution in [0.15, 0.2) is 52.3 Å². The van der Waals surface area contributed by atoms with Crippen molar-refractivity contribution in [3.05, 3.63) is 48.0 Å². The van der Waals surface area contributed by atoms with Crippen LogP contribution >= 0.6 is 0 Å². The standard InChI is InChI=1S/C21H28N2O5S2/c1-4-28-20-12-9-18(15-21(20)30(26,27)23-13-5-6-14-23)22-29(24,25)19-10-7-17(8-11-19)16(2)3/h7-12,15-16,22H,4-6,13-14H2,1-3H3. The van der Waals surface area contributed by atoms with Crippen LogP contribution in [-0.4, -0.2) is 40.8 Å². The van der Waals surface area contributed by atoms with Crippen molar-refractivity contribution in [2.45, 2.75) is 49.3 Å². The lowest BCUT2D eigenvalue weighted by Crippen LogP contribution is -2.28. The van der Waals surface area contributed by atoms with E-state index >= 15 is 0 Å². The largest absolute Gasteiger partial charge is 0.492 e. The lowest BCUT2D eigenvalue weighted by Gasteiger charge is -2.19. The van der Waals surface area contributed by atoms with Crippen LogP contribution < -0.4 is 9.46 Å². The first-order valence-electron chi connectivity index (χ1n) is 10.0. The Morgan fingerprint density at radius 3 is 2.20 bits per heavy atom. The Kier molecular flexibility index (Phi) is 6.74. The van der Waals surface area contributed by atoms with Crippen molar-refractivity contribution in [3.63, 3.8) is 0 Å². The van der Waals surface area contributed by atoms with E-state index in [2.05, 4.69) is 4.72 Å². The number of rotatable bonds is 8. The van der Waals surface area contributed by atoms with Crippen LogP contribution in [0.3, 0.4) is 0 Å². The van der Waals surface area contributed by atoms with E-state index in [9.17, 15) is 16.8 Å². The lowest BCUT2D eigenvalue weighted by molar-refractivity contribution is 0.330. The molecule has 1 aliphatic rings. The molecule has 1 saturated heterocycles. The van der Waals surface area contributed by atoms with Gasteiger partial charge in [0.15, 0.2) is 0 Å². The molecule has 2 aromatic carbocycles. The van der Waals surface area contributed by atoms with Crippen molar-refractivity contribution in [3.8, 4) is 5.75 Å². The Hall–Kier alpha value is -2.10. The van der Waals surface area contributed by atoms with Crippen LogP contribution in [0.1, 0.15) is 45.1 Å². The molecule has 0 amide bonds. The summed E-state index contributed by atoms with van der Waals surface area (Å²) >= 11 is 0. The van der Waals surface area contributed by atoms with Gasteiger partial charge in [-0.05, 0) is 61.6 Å². The molecule has 7 nitrogen and oxygen atoms in total. The number of benzene rings is 2. The molecule has 3 rings (SSSR count). The molecule has 0 spiro atoms. The van der Waals surface area contributed by atoms with Gasteiger partial charge in [0.1, 0.15) is 10.6 Å². The molecule has 0 atom stereocenters. The van der Waals surface area contributed by atoms with Gasteiger partial charge in [0, 0.05) is 13.1 Å². The third-order valence-electron chi connectivity index (χ3n) is 5.04. The molecule has 2 aromatic rings. The van der Waals surface area contributed by atoms with Crippen molar-refractivity contribution < 1.29 is 21.6 Å². The summed E-state index contributed by atoms with van der Waals surface area (Å²) in [6.07, 6.45) is 1.61. The van der Waals surface area contributed by atoms with Crippen molar-refractivity contribution in [1.82, 2.24) is 4.31 Å². The summed E-state index contributed by atoms with van der Waals surface area (Å²) in [6.45, 7) is 7.03. The summed E-state index contributed by atoms with van der Waals surface area (Å²) in [7, 11) is -7.64. The van der Waals surface area contributed by atoms with Gasteiger partial charge < -0.3 is 4.74 Å². The minimum absolute atomic E-state index is 0.0263. The van der Waals surface area contributed by atoms with E-state index in [1.54, 1.807) is 31.2 Å². The number of hydrogen-bond acceptors (Lipinski definition) is 5. The van der Waals surface area contributed by atoms with Gasteiger partial charge in [0.25, 0.3) is 10.0 Å². The fourth-order valence-corrected chi connectivity index (χ4v) is 6.09. The summed E-state index contributed by atoms with van der Waals surface area (Å²) in [5, 5.41) is 0. The van der Waals surface area contributed by atoms with Crippen LogP contribution in [0.2, 0.25) is 0 Å². The van der Waals surface area contributed by atoms with Crippen molar-refractivity contribution in [2.75, 3.05) is 24.4 Å². The molecule has 0 saturated carbocycles. The maximum absolute atomic E-state index is 13.1. The van der Waals surface area contributed by atoms with E-state index in [1.807, 2.05) is 13.8 Å². The van der Waals surface area contributed by atoms with E-state index in [1.165, 1.54) is 22.5 Å². The summed E-state index contributed by atoms with van der Waals surface area (Å²) in [6, 6.07) is 11.0. The minimum Gasteiger partial charge on any atom is -0.492 e. The number of ether oxygens (including phenoxy) is 1. The Morgan fingerprint density at radius 2 is 1.63 bits per heavy atom. The average Bonchev–Trinajstić information content (AvgIpc) is 3.25. The normalized spacial score (nSPS) is 15.5. The average molecular weight is 453 g/mol. The van der Waals surface area contributed by atoms with Gasteiger partial charge in [-0.25, -0.2) is 16.8 Å². The molecule has 0 bridgehead atoms. The molecule has 1 heterocycles. The van der Waals surface area contributed by atoms with Crippen LogP contribution in [0.5, 0.6) is 5.75 Å². The number of hydrogen-bond donors (Lipinski definition) is 1. The Morgan fingerprint density at radius 1 is 1.00 bits per heavy atom. The molecule has 1 aliphatic heterocycles. The third kappa shape index (κ3) is 4.79. The molecule has 9 heteroatoms. The Labute approximate surface area is 179 Å². The second kappa shape index (κ2) is 8.95. The molecule has 30 heavy (non-hydrogen) atoms. The maximum Gasteiger partial charge on any atom is 0.261 e. The van der Waals surface area contributed by atoms with Gasteiger partial charge in [0.05, 0.1) is 17.2 Å². The molecule has 0 unspecified atom stereocenters. The second-order valence-corrected chi connectivity index (χ2v) is 11.1. The smallest absolute Gasteiger partial charge is 0.261 e. The predicted octanol–water partition coefficient (Wildman–Crippen LogP) is 3.79. The summed E-state index contributed by atoms with van der Waals surface area (Å²) < 4.78 is 61.2. The predicted molar refractivity (Wildman–Crippen MR) is 117 cm³/mol. The highest BCUT2D eigenvalue weighted by Gasteiger charge is 2.30. The monoisotopic (exact) mass is 452 g/mol. The zero-order chi connectivity index (χ0) is 21.9. The topological polar surface area (TPSA) is 92.8 Å². The van der Waals surface area contributed by atoms with E-state index in [0.29, 0.717) is 25.6 Å². The van der Waals surface area contributed by atoms with E-state index < -0.39 is 20.0 Å². The molecule has 0 radical (unpaired) electrons. The Bertz CT molecular complexity index is 1090. The van der Waals surface area contributed by atoms with Crippen LogP contribution in [0.4, 0.5) is 5.69 Å². The van der Waals surface area contributed by atoms with E-state index in [4.69, 9.17) is 4.74 Å². The van der Waals surface area contributed by atoms with Gasteiger partial charge in [0.2, 0.25) is 10.0 Å². The van der Waals surface area contributed by atoms with E-state index in [0.717, 1.165) is 18.4 Å². The molecule has 164 valence electrons. The zero-order valence-corrected chi connectivity index (χ0v) is 19.1. The van der Waals surface area contributed by atoms with Crippen LogP contribution in [-0.2, 0) is 20.0 Å². The molecule has 0 aromatic heterocycles. The molecular weight excluding hydrogens is 424 g/mol. The number of sulfonamides is 2. The first kappa shape index (κ1) is 22.6. The highest BCUT2D eigenvalue weighted by Crippen LogP contribution is 2.32. The first-order valence-corrected chi connectivity index (χ1v) is 13.0. The third-order valence-corrected chi connectivity index (χ3v) is 8.35. The van der Waals surface area contributed by atoms with Gasteiger partial charge in [-0.1, -0.05) is 26.0 Å². The Balaban J connectivity index is 1.94. The summed E-state index contributed by atoms with van der Waals surface area (Å²) in [4.78, 5) is 0.0892. The summed E-state index contributed by atoms with van der Waals surface area (Å²) in [5.74, 6) is 0.507. The molecular formula is C21H28N2O5S2. The highest BCUT2D eigenvalue weighted by molar-refractivity contribution is 7.92. The fraction of sp³-hybridized carbons (Fsp3) is 0.429. The van der Waals surface area contributed by atoms with Gasteiger partial charge >= 0.3 is 0 Å². The fourth-order valence-electron chi connectivity index (χ4n) is 3.36. The number of anilines is 1. The number of nitrogens with zero attached hydrogens (tertiary/aromatic N) is 1. The van der Waals surface area contributed by atoms with Crippen molar-refractivity contribution >= 4 is 25.7 Å². The van der Waals surface area contributed by atoms with Gasteiger partial charge in [-0.2, -0.15) is 4.31 Å². The van der Waals surface area contributed by atoms with Crippen LogP contribution in [0.25, 0.3) is 0 Å². The SMILES string of the molecule is CCOc1ccc(NS(=O)(=O)c2ccc(C(C)C)cc2)cc1S(=O)(=O)N1CCCC1. The molecule has 1 N–H and O–H groups in total. The quantitative estimate of drug-likeness (QED) is 0.658. The first-order chi connectivity index (χ1) is 14.1.